The summed E-state index contributed by atoms with van der Waals surface area (Å²) in [6.45, 7) is 8.31. The van der Waals surface area contributed by atoms with Gasteiger partial charge >= 0.3 is 0 Å². The average molecular weight is 313 g/mol. The zero-order valence-corrected chi connectivity index (χ0v) is 14.4. The van der Waals surface area contributed by atoms with Gasteiger partial charge < -0.3 is 15.0 Å². The fraction of sp³-hybridized carbons (Fsp3) is 0.421. The van der Waals surface area contributed by atoms with Crippen LogP contribution >= 0.6 is 0 Å². The lowest BCUT2D eigenvalue weighted by molar-refractivity contribution is 0.101. The molecule has 0 atom stereocenters. The van der Waals surface area contributed by atoms with Crippen molar-refractivity contribution in [2.75, 3.05) is 38.6 Å². The van der Waals surface area contributed by atoms with Crippen molar-refractivity contribution in [3.05, 3.63) is 59.3 Å². The highest BCUT2D eigenvalue weighted by Crippen LogP contribution is 2.08. The number of likely N-dealkylation sites (N-methyl/N-ethyl adjacent to an activating group) is 1. The number of aromatic nitrogens is 1. The first-order valence-corrected chi connectivity index (χ1v) is 8.13. The van der Waals surface area contributed by atoms with Crippen LogP contribution in [0, 0.1) is 13.8 Å². The number of benzene rings is 1. The number of aryl methyl sites for hydroxylation is 2. The van der Waals surface area contributed by atoms with E-state index >= 15 is 0 Å². The molecule has 0 aliphatic rings. The molecule has 0 radical (unpaired) electrons. The van der Waals surface area contributed by atoms with Gasteiger partial charge in [0.05, 0.1) is 13.2 Å². The Morgan fingerprint density at radius 3 is 2.61 bits per heavy atom. The van der Waals surface area contributed by atoms with E-state index in [1.165, 1.54) is 11.1 Å². The van der Waals surface area contributed by atoms with E-state index in [4.69, 9.17) is 4.74 Å². The van der Waals surface area contributed by atoms with Crippen molar-refractivity contribution in [1.82, 2.24) is 9.88 Å². The molecule has 4 heteroatoms. The monoisotopic (exact) mass is 313 g/mol. The number of nitrogens with one attached hydrogen (secondary N) is 1. The highest BCUT2D eigenvalue weighted by molar-refractivity contribution is 5.38. The van der Waals surface area contributed by atoms with Crippen molar-refractivity contribution in [3.63, 3.8) is 0 Å². The molecule has 4 nitrogen and oxygen atoms in total. The smallest absolute Gasteiger partial charge is 0.126 e. The lowest BCUT2D eigenvalue weighted by Gasteiger charge is -2.17. The normalized spacial score (nSPS) is 11.0. The zero-order valence-electron chi connectivity index (χ0n) is 14.4. The van der Waals surface area contributed by atoms with E-state index < -0.39 is 0 Å². The van der Waals surface area contributed by atoms with Crippen LogP contribution in [0.25, 0.3) is 0 Å². The second-order valence-electron chi connectivity index (χ2n) is 5.94. The Labute approximate surface area is 139 Å². The molecular weight excluding hydrogens is 286 g/mol. The van der Waals surface area contributed by atoms with Crippen molar-refractivity contribution in [2.45, 2.75) is 20.5 Å². The molecule has 0 saturated heterocycles. The highest BCUT2D eigenvalue weighted by Gasteiger charge is 2.00. The van der Waals surface area contributed by atoms with Crippen LogP contribution in [0.5, 0.6) is 0 Å². The lowest BCUT2D eigenvalue weighted by atomic mass is 10.2. The van der Waals surface area contributed by atoms with Crippen LogP contribution in [0.3, 0.4) is 0 Å². The van der Waals surface area contributed by atoms with Gasteiger partial charge in [-0.2, -0.15) is 0 Å². The Bertz CT molecular complexity index is 566. The molecule has 0 unspecified atom stereocenters. The molecule has 1 aromatic heterocycles. The summed E-state index contributed by atoms with van der Waals surface area (Å²) in [7, 11) is 2.11. The van der Waals surface area contributed by atoms with Gasteiger partial charge in [0.2, 0.25) is 0 Å². The maximum Gasteiger partial charge on any atom is 0.126 e. The summed E-state index contributed by atoms with van der Waals surface area (Å²) in [6, 6.07) is 14.4. The molecule has 1 heterocycles. The van der Waals surface area contributed by atoms with Crippen LogP contribution in [0.1, 0.15) is 16.8 Å². The number of ether oxygens (including phenoxy) is 1. The van der Waals surface area contributed by atoms with E-state index in [0.717, 1.165) is 37.8 Å². The number of hydrogen-bond donors (Lipinski definition) is 1. The minimum Gasteiger partial charge on any atom is -0.375 e. The molecule has 0 bridgehead atoms. The second-order valence-corrected chi connectivity index (χ2v) is 5.94. The molecule has 0 aliphatic carbocycles. The SMILES string of the molecule is Cc1cc(C)nc(NCCN(C)CCOCc2ccccc2)c1. The molecule has 0 saturated carbocycles. The Morgan fingerprint density at radius 2 is 1.87 bits per heavy atom. The van der Waals surface area contributed by atoms with E-state index in [-0.39, 0.29) is 0 Å². The first-order chi connectivity index (χ1) is 11.1. The molecule has 2 rings (SSSR count). The standard InChI is InChI=1S/C19H27N3O/c1-16-13-17(2)21-19(14-16)20-9-10-22(3)11-12-23-15-18-7-5-4-6-8-18/h4-8,13-14H,9-12,15H2,1-3H3,(H,20,21). The van der Waals surface area contributed by atoms with E-state index in [0.29, 0.717) is 6.61 Å². The lowest BCUT2D eigenvalue weighted by Crippen LogP contribution is -2.28. The summed E-state index contributed by atoms with van der Waals surface area (Å²) in [5.74, 6) is 0.955. The van der Waals surface area contributed by atoms with Gasteiger partial charge in [0, 0.05) is 25.3 Å². The van der Waals surface area contributed by atoms with Gasteiger partial charge in [0.15, 0.2) is 0 Å². The third kappa shape index (κ3) is 6.80. The Hall–Kier alpha value is -1.91. The molecule has 124 valence electrons. The molecular formula is C19H27N3O. The molecule has 1 aromatic carbocycles. The van der Waals surface area contributed by atoms with Crippen molar-refractivity contribution in [2.24, 2.45) is 0 Å². The van der Waals surface area contributed by atoms with Crippen LogP contribution < -0.4 is 5.32 Å². The predicted octanol–water partition coefficient (Wildman–Crippen LogP) is 3.26. The third-order valence-corrected chi connectivity index (χ3v) is 3.63. The quantitative estimate of drug-likeness (QED) is 0.721. The zero-order chi connectivity index (χ0) is 16.5. The van der Waals surface area contributed by atoms with E-state index in [2.05, 4.69) is 53.4 Å². The number of hydrogen-bond acceptors (Lipinski definition) is 4. The molecule has 0 amide bonds. The molecule has 23 heavy (non-hydrogen) atoms. The molecule has 1 N–H and O–H groups in total. The largest absolute Gasteiger partial charge is 0.375 e. The molecule has 0 fully saturated rings. The molecule has 0 spiro atoms. The molecule has 2 aromatic rings. The van der Waals surface area contributed by atoms with Crippen LogP contribution in [0.4, 0.5) is 5.82 Å². The van der Waals surface area contributed by atoms with Gasteiger partial charge in [-0.3, -0.25) is 0 Å². The van der Waals surface area contributed by atoms with Crippen molar-refractivity contribution < 1.29 is 4.74 Å². The predicted molar refractivity (Wildman–Crippen MR) is 95.8 cm³/mol. The van der Waals surface area contributed by atoms with Gasteiger partial charge in [0.25, 0.3) is 0 Å². The summed E-state index contributed by atoms with van der Waals surface area (Å²) in [5, 5.41) is 3.38. The van der Waals surface area contributed by atoms with E-state index in [1.54, 1.807) is 0 Å². The fourth-order valence-electron chi connectivity index (χ4n) is 2.40. The fourth-order valence-corrected chi connectivity index (χ4v) is 2.40. The van der Waals surface area contributed by atoms with Crippen LogP contribution in [0.2, 0.25) is 0 Å². The topological polar surface area (TPSA) is 37.4 Å². The minimum absolute atomic E-state index is 0.680. The number of anilines is 1. The maximum absolute atomic E-state index is 5.71. The van der Waals surface area contributed by atoms with Crippen molar-refractivity contribution >= 4 is 5.82 Å². The van der Waals surface area contributed by atoms with Gasteiger partial charge in [-0.1, -0.05) is 30.3 Å². The maximum atomic E-state index is 5.71. The van der Waals surface area contributed by atoms with Crippen molar-refractivity contribution in [3.8, 4) is 0 Å². The van der Waals surface area contributed by atoms with E-state index in [9.17, 15) is 0 Å². The minimum atomic E-state index is 0.680. The molecule has 0 aliphatic heterocycles. The summed E-state index contributed by atoms with van der Waals surface area (Å²) in [4.78, 5) is 6.75. The van der Waals surface area contributed by atoms with E-state index in [1.807, 2.05) is 25.1 Å². The van der Waals surface area contributed by atoms with Gasteiger partial charge in [-0.25, -0.2) is 4.98 Å². The van der Waals surface area contributed by atoms with Gasteiger partial charge in [0.1, 0.15) is 5.82 Å². The first-order valence-electron chi connectivity index (χ1n) is 8.13. The summed E-state index contributed by atoms with van der Waals surface area (Å²) in [6.07, 6.45) is 0. The van der Waals surface area contributed by atoms with Crippen LogP contribution in [-0.2, 0) is 11.3 Å². The number of pyridine rings is 1. The Kier molecular flexibility index (Phi) is 7.04. The number of nitrogens with zero attached hydrogens (tertiary/aromatic N) is 2. The average Bonchev–Trinajstić information content (AvgIpc) is 2.52. The summed E-state index contributed by atoms with van der Waals surface area (Å²) >= 11 is 0. The summed E-state index contributed by atoms with van der Waals surface area (Å²) in [5.41, 5.74) is 3.51. The van der Waals surface area contributed by atoms with Crippen LogP contribution in [-0.4, -0.2) is 43.2 Å². The number of rotatable bonds is 9. The third-order valence-electron chi connectivity index (χ3n) is 3.63. The summed E-state index contributed by atoms with van der Waals surface area (Å²) < 4.78 is 5.71. The highest BCUT2D eigenvalue weighted by atomic mass is 16.5. The van der Waals surface area contributed by atoms with Crippen LogP contribution in [0.15, 0.2) is 42.5 Å². The van der Waals surface area contributed by atoms with Crippen molar-refractivity contribution in [1.29, 1.82) is 0 Å². The second kappa shape index (κ2) is 9.28. The first kappa shape index (κ1) is 17.4. The van der Waals surface area contributed by atoms with Gasteiger partial charge in [-0.15, -0.1) is 0 Å². The Balaban J connectivity index is 1.59. The Morgan fingerprint density at radius 1 is 1.09 bits per heavy atom. The van der Waals surface area contributed by atoms with Gasteiger partial charge in [-0.05, 0) is 44.2 Å².